The molecule has 0 spiro atoms. The van der Waals surface area contributed by atoms with E-state index in [9.17, 15) is 4.79 Å². The van der Waals surface area contributed by atoms with Crippen LogP contribution in [0.3, 0.4) is 0 Å². The first-order valence-electron chi connectivity index (χ1n) is 7.46. The highest BCUT2D eigenvalue weighted by Crippen LogP contribution is 2.31. The largest absolute Gasteiger partial charge is 0.356 e. The monoisotopic (exact) mass is 362 g/mol. The molecule has 1 amide bonds. The summed E-state index contributed by atoms with van der Waals surface area (Å²) in [5, 5.41) is 8.48. The summed E-state index contributed by atoms with van der Waals surface area (Å²) in [4.78, 5) is 12.5. The molecular formula is C18H16Cl2N2O2. The molecule has 0 fully saturated rings. The molecule has 3 aromatic rings. The molecule has 1 aromatic heterocycles. The fraction of sp³-hybridized carbons (Fsp3) is 0.222. The minimum atomic E-state index is -0.495. The molecule has 4 nitrogen and oxygen atoms in total. The lowest BCUT2D eigenvalue weighted by Crippen LogP contribution is -2.41. The molecule has 1 N–H and O–H groups in total. The van der Waals surface area contributed by atoms with E-state index in [0.29, 0.717) is 26.7 Å². The lowest BCUT2D eigenvalue weighted by atomic mass is 9.94. The van der Waals surface area contributed by atoms with E-state index < -0.39 is 5.54 Å². The zero-order valence-corrected chi connectivity index (χ0v) is 14.8. The van der Waals surface area contributed by atoms with Gasteiger partial charge in [0.05, 0.1) is 22.4 Å². The summed E-state index contributed by atoms with van der Waals surface area (Å²) in [7, 11) is 0. The van der Waals surface area contributed by atoms with Crippen LogP contribution in [-0.4, -0.2) is 11.1 Å². The quantitative estimate of drug-likeness (QED) is 0.729. The van der Waals surface area contributed by atoms with E-state index in [4.69, 9.17) is 27.7 Å². The standard InChI is InChI=1S/C18H16Cl2N2O2/c1-18(2,11-6-4-3-5-7-11)21-16(23)10-14-17-13(20)8-12(19)9-15(17)24-22-14/h3-9H,10H2,1-2H3,(H,21,23). The summed E-state index contributed by atoms with van der Waals surface area (Å²) in [5.41, 5.74) is 1.49. The van der Waals surface area contributed by atoms with E-state index in [2.05, 4.69) is 10.5 Å². The Hall–Kier alpha value is -2.04. The summed E-state index contributed by atoms with van der Waals surface area (Å²) in [6.45, 7) is 3.90. The van der Waals surface area contributed by atoms with Crippen molar-refractivity contribution >= 4 is 40.1 Å². The van der Waals surface area contributed by atoms with Gasteiger partial charge in [0.15, 0.2) is 5.58 Å². The van der Waals surface area contributed by atoms with Crippen LogP contribution in [0.5, 0.6) is 0 Å². The second-order valence-electron chi connectivity index (χ2n) is 6.11. The number of rotatable bonds is 4. The van der Waals surface area contributed by atoms with Crippen molar-refractivity contribution in [1.82, 2.24) is 10.5 Å². The van der Waals surface area contributed by atoms with E-state index in [1.54, 1.807) is 12.1 Å². The average molecular weight is 363 g/mol. The topological polar surface area (TPSA) is 55.1 Å². The maximum Gasteiger partial charge on any atom is 0.226 e. The Morgan fingerprint density at radius 3 is 2.62 bits per heavy atom. The molecule has 0 bridgehead atoms. The summed E-state index contributed by atoms with van der Waals surface area (Å²) in [5.74, 6) is -0.162. The molecule has 24 heavy (non-hydrogen) atoms. The predicted octanol–water partition coefficient (Wildman–Crippen LogP) is 4.73. The van der Waals surface area contributed by atoms with Gasteiger partial charge in [-0.2, -0.15) is 0 Å². The second-order valence-corrected chi connectivity index (χ2v) is 6.95. The fourth-order valence-corrected chi connectivity index (χ4v) is 3.23. The second kappa shape index (κ2) is 6.46. The number of fused-ring (bicyclic) bond motifs is 1. The molecule has 0 atom stereocenters. The van der Waals surface area contributed by atoms with Gasteiger partial charge in [0.25, 0.3) is 0 Å². The zero-order chi connectivity index (χ0) is 17.3. The molecule has 2 aromatic carbocycles. The molecule has 1 heterocycles. The number of hydrogen-bond donors (Lipinski definition) is 1. The molecule has 0 aliphatic heterocycles. The normalized spacial score (nSPS) is 11.7. The van der Waals surface area contributed by atoms with Crippen LogP contribution in [0.15, 0.2) is 47.0 Å². The average Bonchev–Trinajstić information content (AvgIpc) is 2.90. The molecule has 3 rings (SSSR count). The fourth-order valence-electron chi connectivity index (χ4n) is 2.64. The van der Waals surface area contributed by atoms with E-state index in [1.165, 1.54) is 0 Å². The Morgan fingerprint density at radius 2 is 1.92 bits per heavy atom. The van der Waals surface area contributed by atoms with Crippen molar-refractivity contribution in [1.29, 1.82) is 0 Å². The van der Waals surface area contributed by atoms with Gasteiger partial charge in [0.1, 0.15) is 5.69 Å². The van der Waals surface area contributed by atoms with Crippen molar-refractivity contribution in [3.8, 4) is 0 Å². The van der Waals surface area contributed by atoms with Gasteiger partial charge in [0.2, 0.25) is 5.91 Å². The van der Waals surface area contributed by atoms with Crippen molar-refractivity contribution in [3.05, 3.63) is 63.8 Å². The molecule has 0 radical (unpaired) electrons. The Kier molecular flexibility index (Phi) is 4.52. The summed E-state index contributed by atoms with van der Waals surface area (Å²) >= 11 is 12.1. The highest BCUT2D eigenvalue weighted by atomic mass is 35.5. The molecule has 6 heteroatoms. The number of hydrogen-bond acceptors (Lipinski definition) is 3. The third-order valence-electron chi connectivity index (χ3n) is 3.84. The van der Waals surface area contributed by atoms with E-state index in [1.807, 2.05) is 44.2 Å². The number of aromatic nitrogens is 1. The molecule has 124 valence electrons. The van der Waals surface area contributed by atoms with Crippen molar-refractivity contribution in [2.75, 3.05) is 0 Å². The molecule has 0 unspecified atom stereocenters. The number of nitrogens with zero attached hydrogens (tertiary/aromatic N) is 1. The van der Waals surface area contributed by atoms with Crippen LogP contribution in [0.4, 0.5) is 0 Å². The van der Waals surface area contributed by atoms with Gasteiger partial charge in [0, 0.05) is 11.1 Å². The Balaban J connectivity index is 1.81. The maximum atomic E-state index is 12.5. The Morgan fingerprint density at radius 1 is 1.21 bits per heavy atom. The minimum absolute atomic E-state index is 0.0740. The lowest BCUT2D eigenvalue weighted by Gasteiger charge is -2.26. The van der Waals surface area contributed by atoms with Crippen LogP contribution in [0, 0.1) is 0 Å². The van der Waals surface area contributed by atoms with Crippen molar-refractivity contribution in [3.63, 3.8) is 0 Å². The number of carbonyl (C=O) groups excluding carboxylic acids is 1. The SMILES string of the molecule is CC(C)(NC(=O)Cc1noc2cc(Cl)cc(Cl)c12)c1ccccc1. The molecule has 0 aliphatic carbocycles. The third-order valence-corrected chi connectivity index (χ3v) is 4.35. The van der Waals surface area contributed by atoms with Gasteiger partial charge < -0.3 is 9.84 Å². The lowest BCUT2D eigenvalue weighted by molar-refractivity contribution is -0.122. The summed E-state index contributed by atoms with van der Waals surface area (Å²) in [6.07, 6.45) is 0.0740. The van der Waals surface area contributed by atoms with Crippen LogP contribution in [0.1, 0.15) is 25.1 Å². The van der Waals surface area contributed by atoms with Gasteiger partial charge in [-0.05, 0) is 25.5 Å². The van der Waals surface area contributed by atoms with Crippen LogP contribution in [0.25, 0.3) is 11.0 Å². The number of halogens is 2. The van der Waals surface area contributed by atoms with Gasteiger partial charge >= 0.3 is 0 Å². The van der Waals surface area contributed by atoms with Crippen LogP contribution in [-0.2, 0) is 16.8 Å². The van der Waals surface area contributed by atoms with Gasteiger partial charge in [-0.3, -0.25) is 4.79 Å². The van der Waals surface area contributed by atoms with Crippen LogP contribution >= 0.6 is 23.2 Å². The molecule has 0 saturated carbocycles. The number of nitrogens with one attached hydrogen (secondary N) is 1. The van der Waals surface area contributed by atoms with E-state index in [-0.39, 0.29) is 12.3 Å². The Bertz CT molecular complexity index is 889. The summed E-state index contributed by atoms with van der Waals surface area (Å²) < 4.78 is 5.23. The highest BCUT2D eigenvalue weighted by molar-refractivity contribution is 6.38. The summed E-state index contributed by atoms with van der Waals surface area (Å²) in [6, 6.07) is 13.0. The predicted molar refractivity (Wildman–Crippen MR) is 95.3 cm³/mol. The van der Waals surface area contributed by atoms with Gasteiger partial charge in [-0.15, -0.1) is 0 Å². The number of amides is 1. The van der Waals surface area contributed by atoms with Crippen molar-refractivity contribution in [2.24, 2.45) is 0 Å². The highest BCUT2D eigenvalue weighted by Gasteiger charge is 2.24. The minimum Gasteiger partial charge on any atom is -0.356 e. The molecule has 0 saturated heterocycles. The number of benzene rings is 2. The first-order chi connectivity index (χ1) is 11.4. The molecular weight excluding hydrogens is 347 g/mol. The molecule has 0 aliphatic rings. The van der Waals surface area contributed by atoms with Crippen LogP contribution in [0.2, 0.25) is 10.0 Å². The van der Waals surface area contributed by atoms with Gasteiger partial charge in [-0.1, -0.05) is 58.7 Å². The zero-order valence-electron chi connectivity index (χ0n) is 13.3. The van der Waals surface area contributed by atoms with E-state index in [0.717, 1.165) is 5.56 Å². The van der Waals surface area contributed by atoms with E-state index >= 15 is 0 Å². The smallest absolute Gasteiger partial charge is 0.226 e. The van der Waals surface area contributed by atoms with Crippen molar-refractivity contribution in [2.45, 2.75) is 25.8 Å². The van der Waals surface area contributed by atoms with Gasteiger partial charge in [-0.25, -0.2) is 0 Å². The third kappa shape index (κ3) is 3.40. The number of carbonyl (C=O) groups is 1. The first-order valence-corrected chi connectivity index (χ1v) is 8.22. The first kappa shape index (κ1) is 16.8. The van der Waals surface area contributed by atoms with Crippen LogP contribution < -0.4 is 5.32 Å². The Labute approximate surface area is 149 Å². The van der Waals surface area contributed by atoms with Crippen molar-refractivity contribution < 1.29 is 9.32 Å². The maximum absolute atomic E-state index is 12.5.